The average molecular weight is 775 g/mol. The SMILES string of the molecule is c1ccc(-c2nc(-c3ccc(-c4c5ccccc5cc5c4ccc4ccccc45)cc3)cc(-c3cccc4c3C(c3ccccc3)(c3ccccc3)c3ccccc3-4)n2)cc1. The lowest BCUT2D eigenvalue weighted by Crippen LogP contribution is -2.29. The third kappa shape index (κ3) is 5.50. The zero-order chi connectivity index (χ0) is 40.3. The molecular formula is C59H38N2. The molecule has 61 heavy (non-hydrogen) atoms. The van der Waals surface area contributed by atoms with Crippen molar-refractivity contribution >= 4 is 32.3 Å². The lowest BCUT2D eigenvalue weighted by molar-refractivity contribution is 0.769. The monoisotopic (exact) mass is 774 g/mol. The highest BCUT2D eigenvalue weighted by Crippen LogP contribution is 2.58. The van der Waals surface area contributed by atoms with E-state index in [0.29, 0.717) is 5.82 Å². The summed E-state index contributed by atoms with van der Waals surface area (Å²) in [5.41, 5.74) is 14.1. The van der Waals surface area contributed by atoms with Crippen molar-refractivity contribution in [3.05, 3.63) is 253 Å². The van der Waals surface area contributed by atoms with Gasteiger partial charge in [0.15, 0.2) is 5.82 Å². The molecule has 0 bridgehead atoms. The van der Waals surface area contributed by atoms with Gasteiger partial charge in [-0.05, 0) is 89.0 Å². The van der Waals surface area contributed by atoms with Crippen molar-refractivity contribution in [2.75, 3.05) is 0 Å². The molecule has 12 rings (SSSR count). The average Bonchev–Trinajstić information content (AvgIpc) is 3.65. The molecule has 0 spiro atoms. The summed E-state index contributed by atoms with van der Waals surface area (Å²) in [4.78, 5) is 10.8. The van der Waals surface area contributed by atoms with E-state index in [-0.39, 0.29) is 0 Å². The van der Waals surface area contributed by atoms with E-state index < -0.39 is 5.41 Å². The summed E-state index contributed by atoms with van der Waals surface area (Å²) in [5.74, 6) is 0.697. The Morgan fingerprint density at radius 3 is 1.64 bits per heavy atom. The van der Waals surface area contributed by atoms with Crippen LogP contribution in [-0.2, 0) is 5.41 Å². The highest BCUT2D eigenvalue weighted by Gasteiger charge is 2.47. The van der Waals surface area contributed by atoms with Gasteiger partial charge in [-0.15, -0.1) is 0 Å². The van der Waals surface area contributed by atoms with Crippen molar-refractivity contribution in [1.82, 2.24) is 9.97 Å². The van der Waals surface area contributed by atoms with Crippen LogP contribution in [-0.4, -0.2) is 9.97 Å². The molecule has 2 nitrogen and oxygen atoms in total. The van der Waals surface area contributed by atoms with Gasteiger partial charge in [0.05, 0.1) is 16.8 Å². The fourth-order valence-electron chi connectivity index (χ4n) is 10.1. The Kier molecular flexibility index (Phi) is 8.11. The zero-order valence-electron chi connectivity index (χ0n) is 33.3. The molecule has 0 unspecified atom stereocenters. The predicted molar refractivity (Wildman–Crippen MR) is 254 cm³/mol. The normalized spacial score (nSPS) is 12.7. The molecule has 0 N–H and O–H groups in total. The van der Waals surface area contributed by atoms with Crippen LogP contribution in [0.1, 0.15) is 22.3 Å². The zero-order valence-corrected chi connectivity index (χ0v) is 33.3. The van der Waals surface area contributed by atoms with E-state index in [1.54, 1.807) is 0 Å². The molecule has 11 aromatic rings. The molecule has 1 aliphatic carbocycles. The minimum absolute atomic E-state index is 0.572. The largest absolute Gasteiger partial charge is 0.228 e. The Morgan fingerprint density at radius 2 is 0.885 bits per heavy atom. The standard InChI is InChI=1S/C59H38N2/c1-4-18-42(19-5-1)58-60-54(40-31-33-41(34-32-40)56-47-26-13-11-20-43(47)37-52-46-25-12-10-17-39(46)35-36-49(52)56)38-55(61-58)51-29-16-28-50-48-27-14-15-30-53(48)59(57(50)51,44-21-6-2-7-22-44)45-23-8-3-9-24-45/h1-38H. The fourth-order valence-corrected chi connectivity index (χ4v) is 10.1. The molecule has 2 heteroatoms. The second-order valence-electron chi connectivity index (χ2n) is 16.0. The first-order valence-corrected chi connectivity index (χ1v) is 21.0. The minimum Gasteiger partial charge on any atom is -0.228 e. The van der Waals surface area contributed by atoms with Crippen LogP contribution < -0.4 is 0 Å². The third-order valence-electron chi connectivity index (χ3n) is 12.7. The van der Waals surface area contributed by atoms with Crippen LogP contribution in [0, 0.1) is 0 Å². The number of hydrogen-bond donors (Lipinski definition) is 0. The van der Waals surface area contributed by atoms with E-state index in [1.807, 2.05) is 6.07 Å². The van der Waals surface area contributed by atoms with Gasteiger partial charge < -0.3 is 0 Å². The highest BCUT2D eigenvalue weighted by atomic mass is 14.9. The van der Waals surface area contributed by atoms with Crippen molar-refractivity contribution in [1.29, 1.82) is 0 Å². The van der Waals surface area contributed by atoms with Gasteiger partial charge in [0.25, 0.3) is 0 Å². The van der Waals surface area contributed by atoms with Crippen LogP contribution in [0.15, 0.2) is 231 Å². The summed E-state index contributed by atoms with van der Waals surface area (Å²) < 4.78 is 0. The van der Waals surface area contributed by atoms with Crippen LogP contribution in [0.4, 0.5) is 0 Å². The summed E-state index contributed by atoms with van der Waals surface area (Å²) in [6.07, 6.45) is 0. The Bertz CT molecular complexity index is 3410. The first kappa shape index (κ1) is 35.0. The van der Waals surface area contributed by atoms with Crippen LogP contribution in [0.5, 0.6) is 0 Å². The van der Waals surface area contributed by atoms with E-state index in [9.17, 15) is 0 Å². The molecule has 0 saturated carbocycles. The molecule has 0 radical (unpaired) electrons. The molecule has 1 aromatic heterocycles. The maximum absolute atomic E-state index is 5.44. The van der Waals surface area contributed by atoms with E-state index in [2.05, 4.69) is 224 Å². The minimum atomic E-state index is -0.572. The molecular weight excluding hydrogens is 737 g/mol. The van der Waals surface area contributed by atoms with Crippen molar-refractivity contribution in [2.24, 2.45) is 0 Å². The van der Waals surface area contributed by atoms with Crippen LogP contribution in [0.2, 0.25) is 0 Å². The molecule has 0 atom stereocenters. The second-order valence-corrected chi connectivity index (χ2v) is 16.0. The fraction of sp³-hybridized carbons (Fsp3) is 0.0169. The Hall–Kier alpha value is -7.94. The maximum atomic E-state index is 5.44. The van der Waals surface area contributed by atoms with Gasteiger partial charge in [-0.3, -0.25) is 0 Å². The van der Waals surface area contributed by atoms with Crippen LogP contribution in [0.25, 0.3) is 88.5 Å². The van der Waals surface area contributed by atoms with Crippen molar-refractivity contribution in [3.63, 3.8) is 0 Å². The van der Waals surface area contributed by atoms with Gasteiger partial charge in [-0.1, -0.05) is 218 Å². The molecule has 284 valence electrons. The van der Waals surface area contributed by atoms with E-state index in [1.165, 1.54) is 76.8 Å². The van der Waals surface area contributed by atoms with E-state index in [4.69, 9.17) is 9.97 Å². The van der Waals surface area contributed by atoms with Crippen LogP contribution in [0.3, 0.4) is 0 Å². The molecule has 0 aliphatic heterocycles. The van der Waals surface area contributed by atoms with Gasteiger partial charge in [0.2, 0.25) is 0 Å². The lowest BCUT2D eigenvalue weighted by Gasteiger charge is -2.35. The Balaban J connectivity index is 1.08. The summed E-state index contributed by atoms with van der Waals surface area (Å²) >= 11 is 0. The van der Waals surface area contributed by atoms with Gasteiger partial charge in [0.1, 0.15) is 0 Å². The number of benzene rings is 10. The van der Waals surface area contributed by atoms with Gasteiger partial charge >= 0.3 is 0 Å². The summed E-state index contributed by atoms with van der Waals surface area (Å²) in [6, 6.07) is 83.5. The predicted octanol–water partition coefficient (Wildman–Crippen LogP) is 15.0. The van der Waals surface area contributed by atoms with Crippen molar-refractivity contribution in [3.8, 4) is 56.2 Å². The molecule has 0 amide bonds. The van der Waals surface area contributed by atoms with Gasteiger partial charge in [0, 0.05) is 16.7 Å². The maximum Gasteiger partial charge on any atom is 0.160 e. The Morgan fingerprint density at radius 1 is 0.311 bits per heavy atom. The lowest BCUT2D eigenvalue weighted by atomic mass is 9.66. The summed E-state index contributed by atoms with van der Waals surface area (Å²) in [5, 5.41) is 7.51. The highest BCUT2D eigenvalue weighted by molar-refractivity contribution is 6.20. The third-order valence-corrected chi connectivity index (χ3v) is 12.7. The molecule has 1 aliphatic rings. The first-order chi connectivity index (χ1) is 30.3. The van der Waals surface area contributed by atoms with Crippen molar-refractivity contribution in [2.45, 2.75) is 5.41 Å². The Labute approximate surface area is 355 Å². The number of fused-ring (bicyclic) bond motifs is 7. The van der Waals surface area contributed by atoms with Gasteiger partial charge in [-0.2, -0.15) is 0 Å². The van der Waals surface area contributed by atoms with E-state index in [0.717, 1.165) is 28.1 Å². The smallest absolute Gasteiger partial charge is 0.160 e. The summed E-state index contributed by atoms with van der Waals surface area (Å²) in [7, 11) is 0. The summed E-state index contributed by atoms with van der Waals surface area (Å²) in [6.45, 7) is 0. The second kappa shape index (κ2) is 14.1. The van der Waals surface area contributed by atoms with Crippen molar-refractivity contribution < 1.29 is 0 Å². The number of rotatable bonds is 6. The number of aromatic nitrogens is 2. The first-order valence-electron chi connectivity index (χ1n) is 21.0. The van der Waals surface area contributed by atoms with Crippen LogP contribution >= 0.6 is 0 Å². The molecule has 1 heterocycles. The molecule has 10 aromatic carbocycles. The number of hydrogen-bond acceptors (Lipinski definition) is 2. The molecule has 0 saturated heterocycles. The number of nitrogens with zero attached hydrogens (tertiary/aromatic N) is 2. The quantitative estimate of drug-likeness (QED) is 0.124. The molecule has 0 fully saturated rings. The topological polar surface area (TPSA) is 25.8 Å². The van der Waals surface area contributed by atoms with Gasteiger partial charge in [-0.25, -0.2) is 9.97 Å². The van der Waals surface area contributed by atoms with E-state index >= 15 is 0 Å².